The highest BCUT2D eigenvalue weighted by atomic mass is 32.1. The van der Waals surface area contributed by atoms with E-state index in [1.807, 2.05) is 0 Å². The second kappa shape index (κ2) is 29.3. The molecule has 0 N–H and O–H groups in total. The van der Waals surface area contributed by atoms with Gasteiger partial charge in [-0.25, -0.2) is 38.8 Å². The first kappa shape index (κ1) is 69.9. The second-order valence-corrected chi connectivity index (χ2v) is 27.9. The van der Waals surface area contributed by atoms with Gasteiger partial charge >= 0.3 is 47.3 Å². The molecule has 28 heteroatoms. The molecule has 106 heavy (non-hydrogen) atoms. The molecule has 0 atom stereocenters. The number of fused-ring (bicyclic) bond motifs is 9. The summed E-state index contributed by atoms with van der Waals surface area (Å²) >= 11 is 3.49. The molecule has 0 unspecified atom stereocenters. The van der Waals surface area contributed by atoms with Gasteiger partial charge in [-0.2, -0.15) is 20.3 Å². The molecule has 4 aromatic heterocycles. The summed E-state index contributed by atoms with van der Waals surface area (Å²) in [6.45, 7) is 0.163. The minimum atomic E-state index is -2.95. The van der Waals surface area contributed by atoms with Crippen LogP contribution < -0.4 is 9.47 Å². The first-order chi connectivity index (χ1) is 51.4. The minimum Gasteiger partial charge on any atom is -0.457 e. The number of nitriles is 2. The molecule has 4 aliphatic rings. The number of nitrogens with zero attached hydrogens (tertiary/aromatic N) is 6. The molecule has 0 bridgehead atoms. The van der Waals surface area contributed by atoms with Crippen molar-refractivity contribution in [3.05, 3.63) is 261 Å². The topological polar surface area (TPSA) is 323 Å². The summed E-state index contributed by atoms with van der Waals surface area (Å²) in [5.41, 5.74) is -6.25. The Morgan fingerprint density at radius 2 is 0.651 bits per heavy atom. The number of carbonyl (C=O) groups is 10. The van der Waals surface area contributed by atoms with Crippen LogP contribution in [0.3, 0.4) is 0 Å². The molecule has 10 aromatic rings. The Morgan fingerprint density at radius 3 is 0.915 bits per heavy atom. The van der Waals surface area contributed by atoms with Gasteiger partial charge in [0.05, 0.1) is 28.9 Å². The molecule has 8 heterocycles. The zero-order valence-corrected chi connectivity index (χ0v) is 58.6. The van der Waals surface area contributed by atoms with Crippen LogP contribution in [-0.2, 0) is 118 Å². The Balaban J connectivity index is 0.962. The molecule has 6 amide bonds. The van der Waals surface area contributed by atoms with Crippen LogP contribution in [0, 0.1) is 22.7 Å². The van der Waals surface area contributed by atoms with E-state index in [-0.39, 0.29) is 95.7 Å². The number of imide groups is 6. The average molecular weight is 1490 g/mol. The quantitative estimate of drug-likeness (QED) is 0.0333. The van der Waals surface area contributed by atoms with Gasteiger partial charge in [0.15, 0.2) is 11.5 Å². The lowest BCUT2D eigenvalue weighted by molar-refractivity contribution is -0.185. The van der Waals surface area contributed by atoms with Gasteiger partial charge in [-0.1, -0.05) is 182 Å². The Hall–Kier alpha value is -13.1. The number of rotatable bonds is 18. The van der Waals surface area contributed by atoms with Gasteiger partial charge in [0, 0.05) is 22.3 Å². The molecule has 524 valence electrons. The lowest BCUT2D eigenvalue weighted by Crippen LogP contribution is -2.52. The molecular formula is C78H50N6O18S4. The Kier molecular flexibility index (Phi) is 19.3. The summed E-state index contributed by atoms with van der Waals surface area (Å²) in [6.07, 6.45) is -2.83. The van der Waals surface area contributed by atoms with Crippen LogP contribution >= 0.6 is 45.3 Å². The van der Waals surface area contributed by atoms with Crippen molar-refractivity contribution in [2.24, 2.45) is 9.98 Å². The third-order valence-corrected chi connectivity index (χ3v) is 22.0. The summed E-state index contributed by atoms with van der Waals surface area (Å²) in [4.78, 5) is 158. The number of thiophene rings is 4. The second-order valence-electron chi connectivity index (χ2n) is 23.8. The van der Waals surface area contributed by atoms with E-state index in [1.165, 1.54) is 26.0 Å². The smallest absolute Gasteiger partial charge is 0.424 e. The number of ether oxygens (including phenoxy) is 8. The van der Waals surface area contributed by atoms with E-state index in [0.717, 1.165) is 45.3 Å². The van der Waals surface area contributed by atoms with Crippen molar-refractivity contribution < 1.29 is 85.8 Å². The SMILES string of the molecule is CC1=C(C#N)C(=O)N(C(=O)OCc2ccccc2)C(=O)/C1=N\c1cc2c(s1)-c1sc3c4c(sc3c1OC2(C(=O)OCc1ccccc1)C(=O)OCc1ccccc1)-c1sc(/N=C2\C(=O)N(C(=O)OCc3ccccc3)C(=O)C(C#N)=C2C)cc1C(C(=O)OCc1ccccc1)(C(=O)OCc1ccccc1)O4. The standard InChI is InChI=1S/C78H50N6O18S4/c1-43-51(35-79)67(85)83(75(93)99-41-49-29-17-7-18-30-49)69(87)57(43)81-55-33-53-61(103-55)63-59(101-77(53,71(89)95-37-45-21-9-3-10-22-45)72(90)96-38-46-23-11-4-12-24-46)65-66(105-63)60-64(106-65)62-54(78(102-60,73(91)97-39-47-25-13-5-14-26-47)74(92)98-40-48-27-15-6-16-28-48)34-56(104-62)82-58-44(2)52(36-80)68(86)84(70(58)88)76(94)100-42-50-31-19-8-20-32-50/h3-34H,37-42H2,1-2H3/b81-57-,82-58-. The number of esters is 4. The number of benzene rings is 6. The van der Waals surface area contributed by atoms with Crippen LogP contribution in [-0.4, -0.2) is 80.9 Å². The third kappa shape index (κ3) is 12.9. The van der Waals surface area contributed by atoms with Crippen molar-refractivity contribution in [3.63, 3.8) is 0 Å². The fraction of sp³-hybridized carbons (Fsp3) is 0.128. The highest BCUT2D eigenvalue weighted by Crippen LogP contribution is 2.66. The largest absolute Gasteiger partial charge is 0.457 e. The first-order valence-corrected chi connectivity index (χ1v) is 35.4. The molecule has 14 rings (SSSR count). The lowest BCUT2D eigenvalue weighted by Gasteiger charge is -2.33. The number of hydrogen-bond donors (Lipinski definition) is 0. The Bertz CT molecular complexity index is 5090. The molecule has 4 aliphatic heterocycles. The highest BCUT2D eigenvalue weighted by molar-refractivity contribution is 7.35. The average Bonchev–Trinajstić information content (AvgIpc) is 1.53. The van der Waals surface area contributed by atoms with Crippen molar-refractivity contribution in [2.75, 3.05) is 0 Å². The summed E-state index contributed by atoms with van der Waals surface area (Å²) in [6, 6.07) is 56.9. The molecule has 6 aromatic carbocycles. The molecule has 24 nitrogen and oxygen atoms in total. The monoisotopic (exact) mass is 1490 g/mol. The highest BCUT2D eigenvalue weighted by Gasteiger charge is 2.62. The van der Waals surface area contributed by atoms with Crippen LogP contribution in [0.2, 0.25) is 0 Å². The van der Waals surface area contributed by atoms with E-state index in [4.69, 9.17) is 37.9 Å². The number of carbonyl (C=O) groups excluding carboxylic acids is 10. The first-order valence-electron chi connectivity index (χ1n) is 32.1. The van der Waals surface area contributed by atoms with Gasteiger partial charge in [-0.3, -0.25) is 19.2 Å². The maximum Gasteiger partial charge on any atom is 0.424 e. The van der Waals surface area contributed by atoms with Crippen molar-refractivity contribution in [1.82, 2.24) is 9.80 Å². The van der Waals surface area contributed by atoms with Gasteiger partial charge < -0.3 is 37.9 Å². The zero-order valence-electron chi connectivity index (χ0n) is 55.4. The maximum atomic E-state index is 15.7. The van der Waals surface area contributed by atoms with E-state index in [0.29, 0.717) is 33.4 Å². The molecule has 0 saturated heterocycles. The Morgan fingerprint density at radius 1 is 0.387 bits per heavy atom. The van der Waals surface area contributed by atoms with E-state index >= 15 is 19.2 Å². The Labute approximate surface area is 617 Å². The normalized spacial score (nSPS) is 15.4. The van der Waals surface area contributed by atoms with Gasteiger partial charge in [-0.15, -0.1) is 45.3 Å². The molecule has 0 fully saturated rings. The van der Waals surface area contributed by atoms with Crippen LogP contribution in [0.1, 0.15) is 58.4 Å². The van der Waals surface area contributed by atoms with Crippen molar-refractivity contribution in [3.8, 4) is 43.1 Å². The molecule has 0 aliphatic carbocycles. The summed E-state index contributed by atoms with van der Waals surface area (Å²) in [5, 5.41) is 20.5. The van der Waals surface area contributed by atoms with E-state index < -0.39 is 120 Å². The van der Waals surface area contributed by atoms with E-state index in [1.54, 1.807) is 194 Å². The zero-order chi connectivity index (χ0) is 74.0. The van der Waals surface area contributed by atoms with E-state index in [9.17, 15) is 39.3 Å². The molecule has 0 radical (unpaired) electrons. The number of aliphatic imine (C=N–C) groups is 2. The van der Waals surface area contributed by atoms with E-state index in [2.05, 4.69) is 9.98 Å². The van der Waals surface area contributed by atoms with Crippen LogP contribution in [0.4, 0.5) is 19.6 Å². The summed E-state index contributed by atoms with van der Waals surface area (Å²) < 4.78 is 49.5. The van der Waals surface area contributed by atoms with Gasteiger partial charge in [0.1, 0.15) is 84.4 Å². The van der Waals surface area contributed by atoms with Crippen LogP contribution in [0.5, 0.6) is 11.5 Å². The fourth-order valence-electron chi connectivity index (χ4n) is 11.7. The van der Waals surface area contributed by atoms with Crippen molar-refractivity contribution in [1.29, 1.82) is 10.5 Å². The molecule has 0 saturated carbocycles. The summed E-state index contributed by atoms with van der Waals surface area (Å²) in [5.74, 6) is -10.7. The molecular weight excluding hydrogens is 1440 g/mol. The van der Waals surface area contributed by atoms with Gasteiger partial charge in [0.25, 0.3) is 23.6 Å². The van der Waals surface area contributed by atoms with Crippen molar-refractivity contribution in [2.45, 2.75) is 64.7 Å². The summed E-state index contributed by atoms with van der Waals surface area (Å²) in [7, 11) is 0. The number of amides is 6. The van der Waals surface area contributed by atoms with Crippen molar-refractivity contribution >= 4 is 136 Å². The predicted octanol–water partition coefficient (Wildman–Crippen LogP) is 13.8. The molecule has 0 spiro atoms. The minimum absolute atomic E-state index is 0.0759. The van der Waals surface area contributed by atoms with Crippen LogP contribution in [0.15, 0.2) is 226 Å². The number of hydrogen-bond acceptors (Lipinski definition) is 26. The maximum absolute atomic E-state index is 15.7. The van der Waals surface area contributed by atoms with Gasteiger partial charge in [-0.05, 0) is 59.4 Å². The van der Waals surface area contributed by atoms with Crippen LogP contribution in [0.25, 0.3) is 28.9 Å². The third-order valence-electron chi connectivity index (χ3n) is 17.1. The fourth-order valence-corrected chi connectivity index (χ4v) is 16.8. The lowest BCUT2D eigenvalue weighted by atomic mass is 9.90. The predicted molar refractivity (Wildman–Crippen MR) is 384 cm³/mol. The van der Waals surface area contributed by atoms with Gasteiger partial charge in [0.2, 0.25) is 0 Å².